The molecule has 0 spiro atoms. The van der Waals surface area contributed by atoms with E-state index in [4.69, 9.17) is 0 Å². The lowest BCUT2D eigenvalue weighted by Gasteiger charge is -2.06. The first-order chi connectivity index (χ1) is 14.6. The van der Waals surface area contributed by atoms with E-state index >= 15 is 0 Å². The topological polar surface area (TPSA) is 116 Å². The highest BCUT2D eigenvalue weighted by Gasteiger charge is 2.37. The maximum atomic E-state index is 13.0. The van der Waals surface area contributed by atoms with Crippen molar-refractivity contribution in [2.24, 2.45) is 7.05 Å². The zero-order chi connectivity index (χ0) is 22.1. The van der Waals surface area contributed by atoms with Gasteiger partial charge in [-0.3, -0.25) is 4.40 Å². The molecule has 4 heterocycles. The number of aryl methyl sites for hydroxylation is 2. The number of fused-ring (bicyclic) bond motifs is 2. The van der Waals surface area contributed by atoms with E-state index in [0.717, 1.165) is 5.56 Å². The SMILES string of the molecule is CCS(=O)(=O)c1c(-c2nc3cc(C)cnc3n2C)nc2cc(S(=O)(=O)C3CC3)ccn12. The first-order valence-corrected chi connectivity index (χ1v) is 13.1. The van der Waals surface area contributed by atoms with Crippen LogP contribution in [0.3, 0.4) is 0 Å². The molecular weight excluding hydrogens is 438 g/mol. The lowest BCUT2D eigenvalue weighted by Crippen LogP contribution is -2.11. The number of hydrogen-bond acceptors (Lipinski definition) is 7. The first kappa shape index (κ1) is 20.1. The summed E-state index contributed by atoms with van der Waals surface area (Å²) in [6.45, 7) is 3.46. The molecule has 1 saturated carbocycles. The van der Waals surface area contributed by atoms with E-state index in [-0.39, 0.29) is 32.3 Å². The lowest BCUT2D eigenvalue weighted by molar-refractivity contribution is 0.592. The molecule has 0 unspecified atom stereocenters. The predicted molar refractivity (Wildman–Crippen MR) is 115 cm³/mol. The molecule has 4 aromatic rings. The van der Waals surface area contributed by atoms with Gasteiger partial charge in [-0.05, 0) is 37.5 Å². The number of nitrogens with zero attached hydrogens (tertiary/aromatic N) is 5. The van der Waals surface area contributed by atoms with Crippen LogP contribution in [0.1, 0.15) is 25.3 Å². The second-order valence-corrected chi connectivity index (χ2v) is 12.3. The molecule has 9 nitrogen and oxygen atoms in total. The van der Waals surface area contributed by atoms with Gasteiger partial charge in [0.05, 0.1) is 15.9 Å². The van der Waals surface area contributed by atoms with Crippen LogP contribution in [0.15, 0.2) is 40.5 Å². The van der Waals surface area contributed by atoms with Gasteiger partial charge in [0.2, 0.25) is 0 Å². The molecule has 1 fully saturated rings. The molecular formula is C20H21N5O4S2. The van der Waals surface area contributed by atoms with Crippen LogP contribution >= 0.6 is 0 Å². The molecule has 0 aliphatic heterocycles. The molecule has 5 rings (SSSR count). The Bertz CT molecular complexity index is 1580. The van der Waals surface area contributed by atoms with E-state index in [1.807, 2.05) is 13.0 Å². The summed E-state index contributed by atoms with van der Waals surface area (Å²) in [7, 11) is -5.38. The van der Waals surface area contributed by atoms with E-state index in [0.29, 0.717) is 29.8 Å². The fraction of sp³-hybridized carbons (Fsp3) is 0.350. The molecule has 162 valence electrons. The van der Waals surface area contributed by atoms with Crippen molar-refractivity contribution in [3.63, 3.8) is 0 Å². The molecule has 11 heteroatoms. The molecule has 0 aromatic carbocycles. The summed E-state index contributed by atoms with van der Waals surface area (Å²) in [5.41, 5.74) is 2.60. The van der Waals surface area contributed by atoms with Gasteiger partial charge in [-0.15, -0.1) is 0 Å². The van der Waals surface area contributed by atoms with Crippen LogP contribution in [0.2, 0.25) is 0 Å². The molecule has 0 bridgehead atoms. The minimum Gasteiger partial charge on any atom is -0.310 e. The Hall–Kier alpha value is -2.79. The summed E-state index contributed by atoms with van der Waals surface area (Å²) in [6.07, 6.45) is 4.48. The quantitative estimate of drug-likeness (QED) is 0.450. The van der Waals surface area contributed by atoms with Gasteiger partial charge in [-0.2, -0.15) is 0 Å². The molecule has 0 atom stereocenters. The maximum absolute atomic E-state index is 13.0. The zero-order valence-electron chi connectivity index (χ0n) is 17.3. The second-order valence-electron chi connectivity index (χ2n) is 7.85. The Morgan fingerprint density at radius 3 is 2.55 bits per heavy atom. The first-order valence-electron chi connectivity index (χ1n) is 9.91. The van der Waals surface area contributed by atoms with E-state index in [9.17, 15) is 16.8 Å². The van der Waals surface area contributed by atoms with Crippen LogP contribution in [0.4, 0.5) is 0 Å². The van der Waals surface area contributed by atoms with E-state index < -0.39 is 19.7 Å². The summed E-state index contributed by atoms with van der Waals surface area (Å²) >= 11 is 0. The minimum absolute atomic E-state index is 0.00417. The summed E-state index contributed by atoms with van der Waals surface area (Å²) < 4.78 is 54.5. The van der Waals surface area contributed by atoms with Gasteiger partial charge < -0.3 is 4.57 Å². The molecule has 1 aliphatic carbocycles. The third-order valence-corrected chi connectivity index (χ3v) is 9.58. The normalized spacial score (nSPS) is 15.2. The van der Waals surface area contributed by atoms with E-state index in [1.54, 1.807) is 24.7 Å². The standard InChI is InChI=1S/C20H21N5O4S2/c1-4-30(26,27)20-17(19-22-15-9-12(2)11-21-18(15)24(19)3)23-16-10-14(7-8-25(16)20)31(28,29)13-5-6-13/h7-11,13H,4-6H2,1-3H3. The summed E-state index contributed by atoms with van der Waals surface area (Å²) in [4.78, 5) is 13.7. The number of imidazole rings is 2. The van der Waals surface area contributed by atoms with Gasteiger partial charge in [0.15, 0.2) is 36.2 Å². The summed E-state index contributed by atoms with van der Waals surface area (Å²) in [5.74, 6) is 0.229. The third-order valence-electron chi connectivity index (χ3n) is 5.58. The molecule has 0 radical (unpaired) electrons. The zero-order valence-corrected chi connectivity index (χ0v) is 18.9. The van der Waals surface area contributed by atoms with Gasteiger partial charge >= 0.3 is 0 Å². The second kappa shape index (κ2) is 6.60. The number of hydrogen-bond donors (Lipinski definition) is 0. The van der Waals surface area contributed by atoms with Gasteiger partial charge in [0.1, 0.15) is 16.9 Å². The average molecular weight is 460 g/mol. The van der Waals surface area contributed by atoms with Gasteiger partial charge in [0, 0.05) is 25.5 Å². The van der Waals surface area contributed by atoms with Gasteiger partial charge in [-0.1, -0.05) is 6.92 Å². The lowest BCUT2D eigenvalue weighted by atomic mass is 10.3. The van der Waals surface area contributed by atoms with Crippen LogP contribution in [0, 0.1) is 6.92 Å². The maximum Gasteiger partial charge on any atom is 0.196 e. The van der Waals surface area contributed by atoms with Gasteiger partial charge in [0.25, 0.3) is 0 Å². The number of pyridine rings is 2. The number of aromatic nitrogens is 5. The molecule has 0 amide bonds. The largest absolute Gasteiger partial charge is 0.310 e. The third kappa shape index (κ3) is 3.06. The van der Waals surface area contributed by atoms with Crippen molar-refractivity contribution in [2.75, 3.05) is 5.75 Å². The van der Waals surface area contributed by atoms with Crippen molar-refractivity contribution in [2.45, 2.75) is 41.9 Å². The van der Waals surface area contributed by atoms with E-state index in [2.05, 4.69) is 15.0 Å². The Labute approximate surface area is 179 Å². The van der Waals surface area contributed by atoms with Crippen molar-refractivity contribution in [1.29, 1.82) is 0 Å². The number of rotatable bonds is 5. The average Bonchev–Trinajstić information content (AvgIpc) is 3.45. The highest BCUT2D eigenvalue weighted by Crippen LogP contribution is 2.35. The highest BCUT2D eigenvalue weighted by molar-refractivity contribution is 7.92. The van der Waals surface area contributed by atoms with Gasteiger partial charge in [-0.25, -0.2) is 31.8 Å². The summed E-state index contributed by atoms with van der Waals surface area (Å²) in [5, 5.41) is -0.368. The van der Waals surface area contributed by atoms with Crippen molar-refractivity contribution in [3.05, 3.63) is 36.2 Å². The van der Waals surface area contributed by atoms with Crippen LogP contribution < -0.4 is 0 Å². The van der Waals surface area contributed by atoms with Crippen LogP contribution in [0.5, 0.6) is 0 Å². The van der Waals surface area contributed by atoms with E-state index in [1.165, 1.54) is 22.7 Å². The van der Waals surface area contributed by atoms with Crippen molar-refractivity contribution in [1.82, 2.24) is 23.9 Å². The smallest absolute Gasteiger partial charge is 0.196 e. The Balaban J connectivity index is 1.81. The molecule has 1 aliphatic rings. The van der Waals surface area contributed by atoms with Crippen molar-refractivity contribution in [3.8, 4) is 11.5 Å². The van der Waals surface area contributed by atoms with Crippen LogP contribution in [-0.4, -0.2) is 51.8 Å². The van der Waals surface area contributed by atoms with Crippen LogP contribution in [0.25, 0.3) is 28.3 Å². The molecule has 31 heavy (non-hydrogen) atoms. The van der Waals surface area contributed by atoms with Crippen molar-refractivity contribution >= 4 is 36.5 Å². The summed E-state index contributed by atoms with van der Waals surface area (Å²) in [6, 6.07) is 4.76. The fourth-order valence-corrected chi connectivity index (χ4v) is 6.54. The Morgan fingerprint density at radius 2 is 1.87 bits per heavy atom. The minimum atomic E-state index is -3.70. The molecule has 4 aromatic heterocycles. The fourth-order valence-electron chi connectivity index (χ4n) is 3.72. The van der Waals surface area contributed by atoms with Crippen LogP contribution in [-0.2, 0) is 26.7 Å². The predicted octanol–water partition coefficient (Wildman–Crippen LogP) is 2.32. The molecule has 0 saturated heterocycles. The Kier molecular flexibility index (Phi) is 4.29. The Morgan fingerprint density at radius 1 is 1.13 bits per heavy atom. The van der Waals surface area contributed by atoms with Crippen molar-refractivity contribution < 1.29 is 16.8 Å². The molecule has 0 N–H and O–H groups in total. The number of sulfone groups is 2. The monoisotopic (exact) mass is 459 g/mol. The highest BCUT2D eigenvalue weighted by atomic mass is 32.2.